The number of rotatable bonds is 7. The van der Waals surface area contributed by atoms with E-state index in [-0.39, 0.29) is 38.8 Å². The summed E-state index contributed by atoms with van der Waals surface area (Å²) in [5, 5.41) is 23.9. The van der Waals surface area contributed by atoms with Crippen LogP contribution in [0, 0.1) is 0 Å². The Balaban J connectivity index is 2.00. The fraction of sp³-hybridized carbons (Fsp3) is 0.105. The molecular formula is C19H13Cl2F3N4O4. The Hall–Kier alpha value is -3.44. The molecule has 3 aromatic rings. The highest BCUT2D eigenvalue weighted by atomic mass is 35.5. The normalized spacial score (nSPS) is 11.2. The molecule has 0 spiro atoms. The van der Waals surface area contributed by atoms with Crippen LogP contribution < -0.4 is 15.4 Å². The molecule has 0 fully saturated rings. The van der Waals surface area contributed by atoms with Crippen LogP contribution in [0.2, 0.25) is 10.0 Å². The number of benzene rings is 2. The molecule has 0 saturated heterocycles. The number of ether oxygens (including phenoxy) is 1. The first kappa shape index (κ1) is 23.2. The van der Waals surface area contributed by atoms with Crippen LogP contribution in [-0.2, 0) is 4.79 Å². The van der Waals surface area contributed by atoms with Crippen molar-refractivity contribution in [3.63, 3.8) is 0 Å². The van der Waals surface area contributed by atoms with Crippen molar-refractivity contribution in [3.05, 3.63) is 52.5 Å². The maximum absolute atomic E-state index is 12.6. The molecule has 0 saturated carbocycles. The summed E-state index contributed by atoms with van der Waals surface area (Å²) in [6, 6.07) is 9.23. The molecule has 168 valence electrons. The Bertz CT molecular complexity index is 1140. The number of halogens is 5. The molecule has 32 heavy (non-hydrogen) atoms. The summed E-state index contributed by atoms with van der Waals surface area (Å²) in [6.07, 6.45) is -4.87. The monoisotopic (exact) mass is 488 g/mol. The summed E-state index contributed by atoms with van der Waals surface area (Å²) in [4.78, 5) is 19.2. The van der Waals surface area contributed by atoms with E-state index >= 15 is 0 Å². The van der Waals surface area contributed by atoms with Gasteiger partial charge in [0.1, 0.15) is 18.1 Å². The van der Waals surface area contributed by atoms with E-state index in [4.69, 9.17) is 28.3 Å². The summed E-state index contributed by atoms with van der Waals surface area (Å²) in [5.74, 6) is -1.91. The zero-order chi connectivity index (χ0) is 23.5. The molecule has 0 aliphatic carbocycles. The van der Waals surface area contributed by atoms with E-state index < -0.39 is 24.6 Å². The second kappa shape index (κ2) is 9.37. The Morgan fingerprint density at radius 2 is 1.78 bits per heavy atom. The lowest BCUT2D eigenvalue weighted by Crippen LogP contribution is -2.17. The van der Waals surface area contributed by atoms with Gasteiger partial charge in [-0.15, -0.1) is 13.2 Å². The summed E-state index contributed by atoms with van der Waals surface area (Å²) >= 11 is 11.8. The molecule has 0 amide bonds. The summed E-state index contributed by atoms with van der Waals surface area (Å²) < 4.78 is 41.6. The lowest BCUT2D eigenvalue weighted by atomic mass is 10.1. The Morgan fingerprint density at radius 3 is 2.41 bits per heavy atom. The predicted molar refractivity (Wildman–Crippen MR) is 112 cm³/mol. The first-order chi connectivity index (χ1) is 15.0. The van der Waals surface area contributed by atoms with Gasteiger partial charge in [0, 0.05) is 17.3 Å². The van der Waals surface area contributed by atoms with Crippen molar-refractivity contribution < 1.29 is 32.9 Å². The molecule has 8 nitrogen and oxygen atoms in total. The van der Waals surface area contributed by atoms with Crippen LogP contribution in [0.25, 0.3) is 11.3 Å². The van der Waals surface area contributed by atoms with Crippen molar-refractivity contribution in [2.75, 3.05) is 17.2 Å². The number of hydrogen-bond acceptors (Lipinski definition) is 7. The van der Waals surface area contributed by atoms with Gasteiger partial charge in [-0.2, -0.15) is 4.98 Å². The van der Waals surface area contributed by atoms with Gasteiger partial charge in [0.05, 0.1) is 15.7 Å². The summed E-state index contributed by atoms with van der Waals surface area (Å²) in [5.41, 5.74) is 0.747. The van der Waals surface area contributed by atoms with Crippen LogP contribution >= 0.6 is 23.2 Å². The van der Waals surface area contributed by atoms with Crippen molar-refractivity contribution in [2.45, 2.75) is 6.36 Å². The van der Waals surface area contributed by atoms with Crippen LogP contribution in [0.5, 0.6) is 11.5 Å². The Morgan fingerprint density at radius 1 is 1.09 bits per heavy atom. The molecular weight excluding hydrogens is 476 g/mol. The molecule has 3 rings (SSSR count). The molecule has 0 radical (unpaired) electrons. The maximum Gasteiger partial charge on any atom is 0.573 e. The molecule has 4 N–H and O–H groups in total. The van der Waals surface area contributed by atoms with Gasteiger partial charge in [-0.25, -0.2) is 4.98 Å². The lowest BCUT2D eigenvalue weighted by Gasteiger charge is -2.13. The number of hydrogen-bond donors (Lipinski definition) is 4. The maximum atomic E-state index is 12.6. The summed E-state index contributed by atoms with van der Waals surface area (Å²) in [7, 11) is 0. The van der Waals surface area contributed by atoms with Crippen molar-refractivity contribution in [2.24, 2.45) is 0 Å². The molecule has 0 aliphatic heterocycles. The molecule has 2 aromatic carbocycles. The van der Waals surface area contributed by atoms with Gasteiger partial charge in [-0.3, -0.25) is 4.79 Å². The SMILES string of the molecule is O=C(O)CNc1nc(Nc2cc(Cl)c(O)c(Cl)c2)cc(-c2cccc(OC(F)(F)F)c2)n1. The van der Waals surface area contributed by atoms with Crippen LogP contribution in [-0.4, -0.2) is 39.1 Å². The third kappa shape index (κ3) is 6.28. The standard InChI is InChI=1S/C19H13Cl2F3N4O4/c20-12-5-10(6-13(21)17(12)31)26-15-7-14(27-18(28-15)25-8-16(29)30)9-2-1-3-11(4-9)32-19(22,23)24/h1-7,31H,8H2,(H,29,30)(H2,25,26,27,28). The minimum Gasteiger partial charge on any atom is -0.505 e. The molecule has 0 atom stereocenters. The third-order valence-corrected chi connectivity index (χ3v) is 4.35. The zero-order valence-corrected chi connectivity index (χ0v) is 17.3. The van der Waals surface area contributed by atoms with Crippen LogP contribution in [0.15, 0.2) is 42.5 Å². The second-order valence-electron chi connectivity index (χ2n) is 6.20. The first-order valence-corrected chi connectivity index (χ1v) is 9.42. The first-order valence-electron chi connectivity index (χ1n) is 8.66. The zero-order valence-electron chi connectivity index (χ0n) is 15.7. The molecule has 0 unspecified atom stereocenters. The molecule has 0 bridgehead atoms. The number of carboxylic acid groups (broad SMARTS) is 1. The number of aliphatic carboxylic acids is 1. The van der Waals surface area contributed by atoms with Crippen LogP contribution in [0.4, 0.5) is 30.6 Å². The fourth-order valence-corrected chi connectivity index (χ4v) is 3.02. The molecule has 0 aliphatic rings. The second-order valence-corrected chi connectivity index (χ2v) is 7.01. The van der Waals surface area contributed by atoms with Gasteiger partial charge < -0.3 is 25.6 Å². The van der Waals surface area contributed by atoms with Gasteiger partial charge >= 0.3 is 12.3 Å². The number of aromatic nitrogens is 2. The molecule has 1 heterocycles. The van der Waals surface area contributed by atoms with E-state index in [0.29, 0.717) is 5.69 Å². The number of nitrogens with zero attached hydrogens (tertiary/aromatic N) is 2. The minimum absolute atomic E-state index is 0.0319. The number of anilines is 3. The molecule has 13 heteroatoms. The number of phenolic OH excluding ortho intramolecular Hbond substituents is 1. The number of nitrogens with one attached hydrogen (secondary N) is 2. The van der Waals surface area contributed by atoms with Gasteiger partial charge in [0.2, 0.25) is 5.95 Å². The average Bonchev–Trinajstić information content (AvgIpc) is 2.69. The number of aromatic hydroxyl groups is 1. The Labute approximate surface area is 188 Å². The van der Waals surface area contributed by atoms with E-state index in [2.05, 4.69) is 25.3 Å². The van der Waals surface area contributed by atoms with E-state index in [1.807, 2.05) is 0 Å². The van der Waals surface area contributed by atoms with Gasteiger partial charge in [-0.1, -0.05) is 35.3 Å². The Kier molecular flexibility index (Phi) is 6.80. The van der Waals surface area contributed by atoms with Crippen LogP contribution in [0.1, 0.15) is 0 Å². The van der Waals surface area contributed by atoms with Crippen molar-refractivity contribution in [3.8, 4) is 22.8 Å². The highest BCUT2D eigenvalue weighted by molar-refractivity contribution is 6.37. The van der Waals surface area contributed by atoms with E-state index in [1.54, 1.807) is 0 Å². The summed E-state index contributed by atoms with van der Waals surface area (Å²) in [6.45, 7) is -0.503. The van der Waals surface area contributed by atoms with Crippen molar-refractivity contribution in [1.82, 2.24) is 9.97 Å². The van der Waals surface area contributed by atoms with Gasteiger partial charge in [0.15, 0.2) is 5.75 Å². The molecule has 1 aromatic heterocycles. The van der Waals surface area contributed by atoms with E-state index in [9.17, 15) is 23.1 Å². The van der Waals surface area contributed by atoms with Crippen molar-refractivity contribution in [1.29, 1.82) is 0 Å². The highest BCUT2D eigenvalue weighted by Gasteiger charge is 2.31. The number of alkyl halides is 3. The predicted octanol–water partition coefficient (Wildman–Crippen LogP) is 5.29. The van der Waals surface area contributed by atoms with Gasteiger partial charge in [0.25, 0.3) is 0 Å². The minimum atomic E-state index is -4.87. The topological polar surface area (TPSA) is 117 Å². The third-order valence-electron chi connectivity index (χ3n) is 3.78. The van der Waals surface area contributed by atoms with Crippen LogP contribution in [0.3, 0.4) is 0 Å². The van der Waals surface area contributed by atoms with Gasteiger partial charge in [-0.05, 0) is 24.3 Å². The van der Waals surface area contributed by atoms with E-state index in [0.717, 1.165) is 12.1 Å². The average molecular weight is 489 g/mol. The smallest absolute Gasteiger partial charge is 0.505 e. The number of carbonyl (C=O) groups is 1. The van der Waals surface area contributed by atoms with Crippen molar-refractivity contribution >= 4 is 46.6 Å². The number of phenols is 1. The highest BCUT2D eigenvalue weighted by Crippen LogP contribution is 2.36. The fourth-order valence-electron chi connectivity index (χ4n) is 2.53. The lowest BCUT2D eigenvalue weighted by molar-refractivity contribution is -0.274. The number of carboxylic acids is 1. The quantitative estimate of drug-likeness (QED) is 0.331. The van der Waals surface area contributed by atoms with E-state index in [1.165, 1.54) is 30.3 Å². The largest absolute Gasteiger partial charge is 0.573 e.